The minimum Gasteiger partial charge on any atom is -0.308 e. The number of benzene rings is 1. The number of halogens is 2. The van der Waals surface area contributed by atoms with Crippen LogP contribution in [0.25, 0.3) is 0 Å². The second kappa shape index (κ2) is 6.84. The van der Waals surface area contributed by atoms with E-state index in [1.165, 1.54) is 6.07 Å². The minimum atomic E-state index is -0.761. The van der Waals surface area contributed by atoms with Gasteiger partial charge in [-0.05, 0) is 46.0 Å². The quantitative estimate of drug-likeness (QED) is 0.857. The summed E-state index contributed by atoms with van der Waals surface area (Å²) in [5.41, 5.74) is 0.322. The molecule has 1 atom stereocenters. The van der Waals surface area contributed by atoms with Crippen LogP contribution in [0.15, 0.2) is 18.2 Å². The summed E-state index contributed by atoms with van der Waals surface area (Å²) >= 11 is 0. The van der Waals surface area contributed by atoms with Gasteiger partial charge in [-0.15, -0.1) is 0 Å². The van der Waals surface area contributed by atoms with E-state index in [-0.39, 0.29) is 11.6 Å². The molecule has 2 rings (SSSR count). The van der Waals surface area contributed by atoms with E-state index in [4.69, 9.17) is 0 Å². The van der Waals surface area contributed by atoms with E-state index in [9.17, 15) is 8.78 Å². The van der Waals surface area contributed by atoms with Gasteiger partial charge in [0.15, 0.2) is 11.6 Å². The van der Waals surface area contributed by atoms with E-state index in [1.807, 2.05) is 14.1 Å². The number of rotatable bonds is 6. The van der Waals surface area contributed by atoms with Crippen LogP contribution in [0.3, 0.4) is 0 Å². The van der Waals surface area contributed by atoms with E-state index in [0.29, 0.717) is 5.56 Å². The van der Waals surface area contributed by atoms with Crippen molar-refractivity contribution in [3.63, 3.8) is 0 Å². The SMILES string of the molecule is CCCNC(c1cccc(F)c1F)C1(N(C)C)CCCC1. The highest BCUT2D eigenvalue weighted by Gasteiger charge is 2.44. The first-order chi connectivity index (χ1) is 10.0. The van der Waals surface area contributed by atoms with Crippen molar-refractivity contribution < 1.29 is 8.78 Å². The minimum absolute atomic E-state index is 0.135. The maximum Gasteiger partial charge on any atom is 0.163 e. The summed E-state index contributed by atoms with van der Waals surface area (Å²) in [7, 11) is 4.09. The molecule has 1 aromatic rings. The standard InChI is InChI=1S/C17H26F2N2/c1-4-12-20-16(13-8-7-9-14(18)15(13)19)17(21(2)3)10-5-6-11-17/h7-9,16,20H,4-6,10-12H2,1-3H3. The second-order valence-electron chi connectivity index (χ2n) is 6.24. The molecule has 1 unspecified atom stereocenters. The molecule has 0 aliphatic heterocycles. The van der Waals surface area contributed by atoms with Crippen LogP contribution in [0.4, 0.5) is 8.78 Å². The van der Waals surface area contributed by atoms with Crippen LogP contribution in [-0.4, -0.2) is 31.1 Å². The molecular formula is C17H26F2N2. The molecule has 1 aliphatic carbocycles. The number of hydrogen-bond acceptors (Lipinski definition) is 2. The first kappa shape index (κ1) is 16.4. The third-order valence-corrected chi connectivity index (χ3v) is 4.79. The highest BCUT2D eigenvalue weighted by atomic mass is 19.2. The van der Waals surface area contributed by atoms with Crippen LogP contribution in [0.5, 0.6) is 0 Å². The van der Waals surface area contributed by atoms with E-state index in [1.54, 1.807) is 12.1 Å². The van der Waals surface area contributed by atoms with Crippen molar-refractivity contribution in [1.82, 2.24) is 10.2 Å². The van der Waals surface area contributed by atoms with Crippen LogP contribution < -0.4 is 5.32 Å². The zero-order valence-corrected chi connectivity index (χ0v) is 13.3. The number of nitrogens with zero attached hydrogens (tertiary/aromatic N) is 1. The lowest BCUT2D eigenvalue weighted by atomic mass is 9.82. The molecule has 0 radical (unpaired) electrons. The molecule has 2 nitrogen and oxygen atoms in total. The Labute approximate surface area is 126 Å². The van der Waals surface area contributed by atoms with Gasteiger partial charge in [0.2, 0.25) is 0 Å². The van der Waals surface area contributed by atoms with Gasteiger partial charge in [-0.1, -0.05) is 31.9 Å². The Morgan fingerprint density at radius 3 is 2.48 bits per heavy atom. The molecule has 4 heteroatoms. The molecule has 118 valence electrons. The van der Waals surface area contributed by atoms with Crippen LogP contribution in [-0.2, 0) is 0 Å². The van der Waals surface area contributed by atoms with E-state index >= 15 is 0 Å². The smallest absolute Gasteiger partial charge is 0.163 e. The fraction of sp³-hybridized carbons (Fsp3) is 0.647. The fourth-order valence-corrected chi connectivity index (χ4v) is 3.60. The molecule has 0 saturated heterocycles. The Balaban J connectivity index is 2.44. The molecule has 21 heavy (non-hydrogen) atoms. The third-order valence-electron chi connectivity index (χ3n) is 4.79. The van der Waals surface area contributed by atoms with Crippen molar-refractivity contribution in [2.45, 2.75) is 50.6 Å². The lowest BCUT2D eigenvalue weighted by Gasteiger charge is -2.44. The Morgan fingerprint density at radius 1 is 1.24 bits per heavy atom. The average molecular weight is 296 g/mol. The first-order valence-electron chi connectivity index (χ1n) is 7.87. The molecular weight excluding hydrogens is 270 g/mol. The highest BCUT2D eigenvalue weighted by Crippen LogP contribution is 2.44. The van der Waals surface area contributed by atoms with Gasteiger partial charge in [0.05, 0.1) is 6.04 Å². The predicted octanol–water partition coefficient (Wildman–Crippen LogP) is 3.88. The Morgan fingerprint density at radius 2 is 1.90 bits per heavy atom. The van der Waals surface area contributed by atoms with Gasteiger partial charge in [0, 0.05) is 11.1 Å². The van der Waals surface area contributed by atoms with Gasteiger partial charge in [0.1, 0.15) is 0 Å². The van der Waals surface area contributed by atoms with Crippen LogP contribution in [0, 0.1) is 11.6 Å². The summed E-state index contributed by atoms with van der Waals surface area (Å²) < 4.78 is 28.0. The molecule has 0 heterocycles. The summed E-state index contributed by atoms with van der Waals surface area (Å²) in [4.78, 5) is 2.19. The monoisotopic (exact) mass is 296 g/mol. The summed E-state index contributed by atoms with van der Waals surface area (Å²) in [5.74, 6) is -1.47. The van der Waals surface area contributed by atoms with Crippen molar-refractivity contribution in [1.29, 1.82) is 0 Å². The van der Waals surface area contributed by atoms with E-state index in [0.717, 1.165) is 38.6 Å². The summed E-state index contributed by atoms with van der Waals surface area (Å²) in [6, 6.07) is 4.33. The molecule has 0 amide bonds. The average Bonchev–Trinajstić information content (AvgIpc) is 2.94. The van der Waals surface area contributed by atoms with Gasteiger partial charge in [-0.2, -0.15) is 0 Å². The molecule has 0 aromatic heterocycles. The van der Waals surface area contributed by atoms with Crippen molar-refractivity contribution in [3.8, 4) is 0 Å². The summed E-state index contributed by atoms with van der Waals surface area (Å²) in [6.45, 7) is 2.89. The molecule has 1 saturated carbocycles. The lowest BCUT2D eigenvalue weighted by molar-refractivity contribution is 0.102. The van der Waals surface area contributed by atoms with Crippen molar-refractivity contribution in [2.75, 3.05) is 20.6 Å². The molecule has 1 aliphatic rings. The number of nitrogens with one attached hydrogen (secondary N) is 1. The van der Waals surface area contributed by atoms with Crippen LogP contribution >= 0.6 is 0 Å². The van der Waals surface area contributed by atoms with Gasteiger partial charge in [-0.3, -0.25) is 0 Å². The Kier molecular flexibility index (Phi) is 5.33. The topological polar surface area (TPSA) is 15.3 Å². The molecule has 0 spiro atoms. The Hall–Kier alpha value is -1.00. The zero-order valence-electron chi connectivity index (χ0n) is 13.3. The highest BCUT2D eigenvalue weighted by molar-refractivity contribution is 5.27. The van der Waals surface area contributed by atoms with Crippen LogP contribution in [0.1, 0.15) is 50.6 Å². The summed E-state index contributed by atoms with van der Waals surface area (Å²) in [5, 5.41) is 3.47. The van der Waals surface area contributed by atoms with E-state index in [2.05, 4.69) is 17.1 Å². The maximum absolute atomic E-state index is 14.3. The molecule has 1 N–H and O–H groups in total. The third kappa shape index (κ3) is 3.11. The maximum atomic E-state index is 14.3. The van der Waals surface area contributed by atoms with Gasteiger partial charge >= 0.3 is 0 Å². The van der Waals surface area contributed by atoms with Gasteiger partial charge < -0.3 is 10.2 Å². The molecule has 1 fully saturated rings. The van der Waals surface area contributed by atoms with Gasteiger partial charge in [-0.25, -0.2) is 8.78 Å². The lowest BCUT2D eigenvalue weighted by Crippen LogP contribution is -2.52. The number of hydrogen-bond donors (Lipinski definition) is 1. The van der Waals surface area contributed by atoms with Crippen molar-refractivity contribution >= 4 is 0 Å². The normalized spacial score (nSPS) is 19.1. The van der Waals surface area contributed by atoms with E-state index < -0.39 is 11.6 Å². The second-order valence-corrected chi connectivity index (χ2v) is 6.24. The first-order valence-corrected chi connectivity index (χ1v) is 7.87. The Bertz CT molecular complexity index is 468. The van der Waals surface area contributed by atoms with Gasteiger partial charge in [0.25, 0.3) is 0 Å². The van der Waals surface area contributed by atoms with Crippen LogP contribution in [0.2, 0.25) is 0 Å². The summed E-state index contributed by atoms with van der Waals surface area (Å²) in [6.07, 6.45) is 5.27. The zero-order chi connectivity index (χ0) is 15.5. The number of likely N-dealkylation sites (N-methyl/N-ethyl adjacent to an activating group) is 1. The largest absolute Gasteiger partial charge is 0.308 e. The van der Waals surface area contributed by atoms with Crippen molar-refractivity contribution in [3.05, 3.63) is 35.4 Å². The molecule has 1 aromatic carbocycles. The predicted molar refractivity (Wildman–Crippen MR) is 82.3 cm³/mol. The molecule has 0 bridgehead atoms. The van der Waals surface area contributed by atoms with Crippen molar-refractivity contribution in [2.24, 2.45) is 0 Å². The fourth-order valence-electron chi connectivity index (χ4n) is 3.60.